The summed E-state index contributed by atoms with van der Waals surface area (Å²) in [7, 11) is 0. The molecule has 1 aromatic carbocycles. The van der Waals surface area contributed by atoms with E-state index < -0.39 is 56.2 Å². The van der Waals surface area contributed by atoms with Crippen molar-refractivity contribution in [2.45, 2.75) is 25.4 Å². The van der Waals surface area contributed by atoms with E-state index in [9.17, 15) is 34.8 Å². The molecule has 0 heterocycles. The smallest absolute Gasteiger partial charge is 0.253 e. The number of aliphatic hydroxyl groups is 4. The molecule has 0 aliphatic heterocycles. The molecule has 0 saturated carbocycles. The molecule has 0 aliphatic rings. The van der Waals surface area contributed by atoms with Gasteiger partial charge in [-0.05, 0) is 57.7 Å². The molecule has 31 heavy (non-hydrogen) atoms. The highest BCUT2D eigenvalue weighted by Crippen LogP contribution is 2.34. The van der Waals surface area contributed by atoms with E-state index in [1.807, 2.05) is 45.2 Å². The van der Waals surface area contributed by atoms with Gasteiger partial charge in [-0.1, -0.05) is 0 Å². The number of carbonyl (C=O) groups excluding carboxylic acids is 3. The maximum atomic E-state index is 12.9. The second-order valence-electron chi connectivity index (χ2n) is 6.54. The Hall–Kier alpha value is -1.11. The minimum absolute atomic E-state index is 0.0266. The van der Waals surface area contributed by atoms with Gasteiger partial charge in [0.05, 0.1) is 58.9 Å². The first-order valence-corrected chi connectivity index (χ1v) is 11.4. The molecule has 0 atom stereocenters. The molecule has 0 radical (unpaired) electrons. The second-order valence-corrected chi connectivity index (χ2v) is 8.69. The predicted molar refractivity (Wildman–Crippen MR) is 130 cm³/mol. The third kappa shape index (κ3) is 7.19. The number of hydrogen-bond acceptors (Lipinski definition) is 8. The molecule has 0 aliphatic carbocycles. The van der Waals surface area contributed by atoms with Gasteiger partial charge in [0, 0.05) is 16.5 Å². The van der Waals surface area contributed by atoms with Crippen molar-refractivity contribution >= 4 is 68.6 Å². The Bertz CT molecular complexity index is 762. The molecular weight excluding hydrogens is 638 g/mol. The Balaban J connectivity index is 3.62. The molecule has 0 saturated heterocycles. The first-order chi connectivity index (χ1) is 14.7. The number of aliphatic hydroxyl groups excluding tert-OH is 4. The molecular formula is C18H26I2N4O7. The van der Waals surface area contributed by atoms with Crippen molar-refractivity contribution in [1.29, 1.82) is 0 Å². The average Bonchev–Trinajstić information content (AvgIpc) is 2.73. The van der Waals surface area contributed by atoms with Gasteiger partial charge < -0.3 is 42.1 Å². The van der Waals surface area contributed by atoms with Crippen LogP contribution in [-0.4, -0.2) is 83.2 Å². The van der Waals surface area contributed by atoms with Crippen LogP contribution in [0.3, 0.4) is 0 Å². The van der Waals surface area contributed by atoms with E-state index in [-0.39, 0.29) is 33.4 Å². The minimum atomic E-state index is -0.916. The monoisotopic (exact) mass is 664 g/mol. The highest BCUT2D eigenvalue weighted by molar-refractivity contribution is 14.1. The first kappa shape index (κ1) is 27.9. The lowest BCUT2D eigenvalue weighted by atomic mass is 10.00. The molecule has 0 bridgehead atoms. The summed E-state index contributed by atoms with van der Waals surface area (Å²) >= 11 is 3.69. The summed E-state index contributed by atoms with van der Waals surface area (Å²) in [6, 6.07) is -1.83. The maximum absolute atomic E-state index is 12.9. The van der Waals surface area contributed by atoms with Gasteiger partial charge in [-0.15, -0.1) is 0 Å². The zero-order valence-electron chi connectivity index (χ0n) is 16.7. The highest BCUT2D eigenvalue weighted by Gasteiger charge is 2.29. The molecule has 9 N–H and O–H groups in total. The molecule has 1 aromatic rings. The molecule has 0 unspecified atom stereocenters. The second kappa shape index (κ2) is 13.4. The lowest BCUT2D eigenvalue weighted by molar-refractivity contribution is -0.116. The van der Waals surface area contributed by atoms with Gasteiger partial charge in [0.25, 0.3) is 11.8 Å². The summed E-state index contributed by atoms with van der Waals surface area (Å²) in [5, 5.41) is 44.7. The number of hydrogen-bond donors (Lipinski definition) is 8. The number of amides is 3. The number of benzene rings is 1. The van der Waals surface area contributed by atoms with Crippen LogP contribution < -0.4 is 21.7 Å². The van der Waals surface area contributed by atoms with E-state index in [1.54, 1.807) is 6.92 Å². The third-order valence-electron chi connectivity index (χ3n) is 4.27. The maximum Gasteiger partial charge on any atom is 0.253 e. The van der Waals surface area contributed by atoms with Crippen molar-refractivity contribution in [1.82, 2.24) is 10.6 Å². The predicted octanol–water partition coefficient (Wildman–Crippen LogP) is -1.34. The lowest BCUT2D eigenvalue weighted by Crippen LogP contribution is -2.42. The summed E-state index contributed by atoms with van der Waals surface area (Å²) in [4.78, 5) is 38.0. The van der Waals surface area contributed by atoms with Gasteiger partial charge in [-0.25, -0.2) is 0 Å². The summed E-state index contributed by atoms with van der Waals surface area (Å²) < 4.78 is 0.616. The molecule has 3 amide bonds. The highest BCUT2D eigenvalue weighted by atomic mass is 127. The zero-order chi connectivity index (χ0) is 23.7. The quantitative estimate of drug-likeness (QED) is 0.133. The van der Waals surface area contributed by atoms with Gasteiger partial charge in [-0.2, -0.15) is 0 Å². The van der Waals surface area contributed by atoms with E-state index in [4.69, 9.17) is 5.73 Å². The molecule has 1 rings (SSSR count). The Morgan fingerprint density at radius 3 is 1.74 bits per heavy atom. The molecule has 0 fully saturated rings. The fourth-order valence-corrected chi connectivity index (χ4v) is 5.30. The molecule has 11 nitrogen and oxygen atoms in total. The Morgan fingerprint density at radius 1 is 0.871 bits per heavy atom. The summed E-state index contributed by atoms with van der Waals surface area (Å²) in [6.07, 6.45) is 0.0266. The third-order valence-corrected chi connectivity index (χ3v) is 6.43. The average molecular weight is 664 g/mol. The van der Waals surface area contributed by atoms with Crippen LogP contribution >= 0.6 is 45.2 Å². The lowest BCUT2D eigenvalue weighted by Gasteiger charge is -2.22. The SMILES string of the molecule is Cc1c(NC(=O)CCN)c(I)c(C(=O)NC(CO)CO)c(I)c1C(=O)NC(CO)CO. The number of halogens is 2. The van der Waals surface area contributed by atoms with Crippen LogP contribution in [0.25, 0.3) is 0 Å². The normalized spacial score (nSPS) is 11.0. The van der Waals surface area contributed by atoms with E-state index in [2.05, 4.69) is 16.0 Å². The van der Waals surface area contributed by atoms with Crippen LogP contribution in [0.4, 0.5) is 5.69 Å². The van der Waals surface area contributed by atoms with Crippen molar-refractivity contribution in [2.75, 3.05) is 38.3 Å². The fourth-order valence-electron chi connectivity index (χ4n) is 2.56. The molecule has 0 aromatic heterocycles. The van der Waals surface area contributed by atoms with Gasteiger partial charge >= 0.3 is 0 Å². The molecule has 0 spiro atoms. The van der Waals surface area contributed by atoms with E-state index >= 15 is 0 Å². The Kier molecular flexibility index (Phi) is 12.1. The van der Waals surface area contributed by atoms with Crippen LogP contribution in [-0.2, 0) is 4.79 Å². The van der Waals surface area contributed by atoms with Gasteiger partial charge in [-0.3, -0.25) is 14.4 Å². The summed E-state index contributed by atoms with van der Waals surface area (Å²) in [6.45, 7) is -0.284. The number of rotatable bonds is 11. The van der Waals surface area contributed by atoms with Gasteiger partial charge in [0.2, 0.25) is 5.91 Å². The number of anilines is 1. The first-order valence-electron chi connectivity index (χ1n) is 9.23. The van der Waals surface area contributed by atoms with E-state index in [0.717, 1.165) is 0 Å². The van der Waals surface area contributed by atoms with Crippen LogP contribution in [0, 0.1) is 14.1 Å². The van der Waals surface area contributed by atoms with E-state index in [1.165, 1.54) is 0 Å². The van der Waals surface area contributed by atoms with Gasteiger partial charge in [0.15, 0.2) is 0 Å². The number of nitrogens with two attached hydrogens (primary N) is 1. The number of nitrogens with one attached hydrogen (secondary N) is 3. The topological polar surface area (TPSA) is 194 Å². The summed E-state index contributed by atoms with van der Waals surface area (Å²) in [5.41, 5.74) is 6.18. The van der Waals surface area contributed by atoms with Crippen LogP contribution in [0.2, 0.25) is 0 Å². The van der Waals surface area contributed by atoms with E-state index in [0.29, 0.717) is 9.13 Å². The van der Waals surface area contributed by atoms with Gasteiger partial charge in [0.1, 0.15) is 0 Å². The van der Waals surface area contributed by atoms with Crippen molar-refractivity contribution < 1.29 is 34.8 Å². The Labute approximate surface area is 206 Å². The van der Waals surface area contributed by atoms with Crippen LogP contribution in [0.1, 0.15) is 32.7 Å². The van der Waals surface area contributed by atoms with Crippen molar-refractivity contribution in [3.05, 3.63) is 23.8 Å². The van der Waals surface area contributed by atoms with Crippen LogP contribution in [0.15, 0.2) is 0 Å². The standard InChI is InChI=1S/C18H26I2N4O7/c1-8-12(17(30)22-9(4-25)5-26)14(19)13(18(31)23-10(6-27)7-28)15(20)16(8)24-11(29)2-3-21/h9-10,25-28H,2-7,21H2,1H3,(H,22,30)(H,23,31)(H,24,29). The van der Waals surface area contributed by atoms with Crippen molar-refractivity contribution in [2.24, 2.45) is 5.73 Å². The fraction of sp³-hybridized carbons (Fsp3) is 0.500. The van der Waals surface area contributed by atoms with Crippen LogP contribution in [0.5, 0.6) is 0 Å². The Morgan fingerprint density at radius 2 is 1.32 bits per heavy atom. The molecule has 174 valence electrons. The largest absolute Gasteiger partial charge is 0.394 e. The zero-order valence-corrected chi connectivity index (χ0v) is 21.1. The summed E-state index contributed by atoms with van der Waals surface area (Å²) in [5.74, 6) is -1.73. The minimum Gasteiger partial charge on any atom is -0.394 e. The van der Waals surface area contributed by atoms with Crippen molar-refractivity contribution in [3.8, 4) is 0 Å². The van der Waals surface area contributed by atoms with Crippen molar-refractivity contribution in [3.63, 3.8) is 0 Å². The molecule has 13 heteroatoms. The number of carbonyl (C=O) groups is 3.